The third-order valence-electron chi connectivity index (χ3n) is 5.46. The predicted molar refractivity (Wildman–Crippen MR) is 135 cm³/mol. The maximum absolute atomic E-state index is 13.1. The number of benzene rings is 2. The minimum atomic E-state index is -0.0918. The Balaban J connectivity index is 1.54. The number of nitrogens with zero attached hydrogens (tertiary/aromatic N) is 6. The third kappa shape index (κ3) is 3.83. The van der Waals surface area contributed by atoms with Crippen LogP contribution < -0.4 is 5.56 Å². The molecule has 0 saturated heterocycles. The van der Waals surface area contributed by atoms with E-state index in [4.69, 9.17) is 0 Å². The SMILES string of the molecule is CCCCn1c(=O)c2ccccc2n2c(SC/C(O)=C(\C#N)c3nc4ccccc4s3)nnc12. The molecule has 0 amide bonds. The van der Waals surface area contributed by atoms with E-state index in [9.17, 15) is 15.2 Å². The van der Waals surface area contributed by atoms with Gasteiger partial charge in [0.25, 0.3) is 5.56 Å². The van der Waals surface area contributed by atoms with E-state index >= 15 is 0 Å². The summed E-state index contributed by atoms with van der Waals surface area (Å²) in [6, 6.07) is 17.1. The Kier molecular flexibility index (Phi) is 6.04. The highest BCUT2D eigenvalue weighted by atomic mass is 32.2. The number of aliphatic hydroxyl groups is 1. The largest absolute Gasteiger partial charge is 0.510 e. The molecule has 3 aromatic heterocycles. The van der Waals surface area contributed by atoms with Gasteiger partial charge in [0.05, 0.1) is 26.9 Å². The molecular weight excluding hydrogens is 468 g/mol. The van der Waals surface area contributed by atoms with E-state index in [1.165, 1.54) is 23.1 Å². The van der Waals surface area contributed by atoms with Crippen molar-refractivity contribution in [2.45, 2.75) is 31.5 Å². The van der Waals surface area contributed by atoms with Gasteiger partial charge in [0, 0.05) is 6.54 Å². The highest BCUT2D eigenvalue weighted by molar-refractivity contribution is 7.99. The lowest BCUT2D eigenvalue weighted by atomic mass is 10.2. The van der Waals surface area contributed by atoms with E-state index in [1.54, 1.807) is 10.6 Å². The Labute approximate surface area is 202 Å². The number of aliphatic hydroxyl groups excluding tert-OH is 1. The zero-order chi connectivity index (χ0) is 23.7. The number of hydrogen-bond acceptors (Lipinski definition) is 8. The number of hydrogen-bond donors (Lipinski definition) is 1. The van der Waals surface area contributed by atoms with Crippen LogP contribution in [0, 0.1) is 11.3 Å². The predicted octanol–water partition coefficient (Wildman–Crippen LogP) is 5.04. The zero-order valence-electron chi connectivity index (χ0n) is 18.3. The number of rotatable bonds is 7. The lowest BCUT2D eigenvalue weighted by Gasteiger charge is -2.10. The number of thioether (sulfide) groups is 1. The maximum Gasteiger partial charge on any atom is 0.262 e. The van der Waals surface area contributed by atoms with E-state index < -0.39 is 0 Å². The fraction of sp³-hybridized carbons (Fsp3) is 0.208. The molecule has 0 aliphatic heterocycles. The molecule has 10 heteroatoms. The quantitative estimate of drug-likeness (QED) is 0.194. The summed E-state index contributed by atoms with van der Waals surface area (Å²) in [6.45, 7) is 2.62. The summed E-state index contributed by atoms with van der Waals surface area (Å²) >= 11 is 2.62. The molecule has 3 heterocycles. The van der Waals surface area contributed by atoms with Gasteiger partial charge in [-0.05, 0) is 30.7 Å². The molecular formula is C24H20N6O2S2. The van der Waals surface area contributed by atoms with Crippen molar-refractivity contribution in [3.63, 3.8) is 0 Å². The Morgan fingerprint density at radius 1 is 1.18 bits per heavy atom. The number of aryl methyl sites for hydroxylation is 1. The summed E-state index contributed by atoms with van der Waals surface area (Å²) in [7, 11) is 0. The van der Waals surface area contributed by atoms with Crippen LogP contribution in [-0.2, 0) is 6.54 Å². The van der Waals surface area contributed by atoms with E-state index in [-0.39, 0.29) is 22.6 Å². The van der Waals surface area contributed by atoms with Crippen LogP contribution in [-0.4, -0.2) is 35.0 Å². The summed E-state index contributed by atoms with van der Waals surface area (Å²) in [5, 5.41) is 30.7. The van der Waals surface area contributed by atoms with Crippen LogP contribution in [0.2, 0.25) is 0 Å². The number of fused-ring (bicyclic) bond motifs is 4. The Morgan fingerprint density at radius 3 is 2.76 bits per heavy atom. The van der Waals surface area contributed by atoms with Crippen LogP contribution in [0.3, 0.4) is 0 Å². The molecule has 34 heavy (non-hydrogen) atoms. The van der Waals surface area contributed by atoms with Crippen molar-refractivity contribution in [1.82, 2.24) is 24.1 Å². The van der Waals surface area contributed by atoms with Gasteiger partial charge in [-0.3, -0.25) is 13.8 Å². The van der Waals surface area contributed by atoms with E-state index in [2.05, 4.69) is 28.2 Å². The van der Waals surface area contributed by atoms with Crippen LogP contribution in [0.5, 0.6) is 0 Å². The van der Waals surface area contributed by atoms with Gasteiger partial charge in [0.2, 0.25) is 5.78 Å². The summed E-state index contributed by atoms with van der Waals surface area (Å²) in [5.41, 5.74) is 1.55. The lowest BCUT2D eigenvalue weighted by molar-refractivity contribution is 0.420. The van der Waals surface area contributed by atoms with E-state index in [1.807, 2.05) is 46.9 Å². The lowest BCUT2D eigenvalue weighted by Crippen LogP contribution is -2.23. The van der Waals surface area contributed by atoms with Gasteiger partial charge in [0.1, 0.15) is 22.4 Å². The third-order valence-corrected chi connectivity index (χ3v) is 7.45. The summed E-state index contributed by atoms with van der Waals surface area (Å²) in [6.07, 6.45) is 1.79. The van der Waals surface area contributed by atoms with Gasteiger partial charge >= 0.3 is 0 Å². The standard InChI is InChI=1S/C24H20N6O2S2/c1-2-3-12-29-22(32)15-8-4-6-10-18(15)30-23(29)27-28-24(30)33-14-19(31)16(13-25)21-26-17-9-5-7-11-20(17)34-21/h4-11,31H,2-3,12,14H2,1H3/b19-16-. The van der Waals surface area contributed by atoms with Crippen molar-refractivity contribution in [3.8, 4) is 6.07 Å². The van der Waals surface area contributed by atoms with Gasteiger partial charge in [-0.25, -0.2) is 4.98 Å². The molecule has 5 rings (SSSR count). The monoisotopic (exact) mass is 488 g/mol. The zero-order valence-corrected chi connectivity index (χ0v) is 19.9. The van der Waals surface area contributed by atoms with Gasteiger partial charge in [-0.1, -0.05) is 49.4 Å². The number of nitriles is 1. The van der Waals surface area contributed by atoms with Gasteiger partial charge in [-0.15, -0.1) is 21.5 Å². The second kappa shape index (κ2) is 9.29. The molecule has 0 unspecified atom stereocenters. The first-order chi connectivity index (χ1) is 16.6. The molecule has 8 nitrogen and oxygen atoms in total. The molecule has 0 fully saturated rings. The fourth-order valence-corrected chi connectivity index (χ4v) is 5.57. The second-order valence-electron chi connectivity index (χ2n) is 7.65. The normalized spacial score (nSPS) is 12.4. The maximum atomic E-state index is 13.1. The Morgan fingerprint density at radius 2 is 1.97 bits per heavy atom. The van der Waals surface area contributed by atoms with Crippen LogP contribution >= 0.6 is 23.1 Å². The first-order valence-corrected chi connectivity index (χ1v) is 12.6. The molecule has 0 radical (unpaired) electrons. The Hall–Kier alpha value is -3.68. The minimum absolute atomic E-state index is 0.0769. The molecule has 0 aliphatic carbocycles. The Bertz CT molecular complexity index is 1620. The smallest absolute Gasteiger partial charge is 0.262 e. The van der Waals surface area contributed by atoms with Crippen molar-refractivity contribution in [3.05, 3.63) is 69.7 Å². The molecule has 170 valence electrons. The van der Waals surface area contributed by atoms with E-state index in [0.717, 1.165) is 23.1 Å². The molecule has 0 spiro atoms. The van der Waals surface area contributed by atoms with Gasteiger partial charge in [-0.2, -0.15) is 5.26 Å². The molecule has 5 aromatic rings. The molecule has 0 atom stereocenters. The number of unbranched alkanes of at least 4 members (excludes halogenated alkanes) is 1. The average Bonchev–Trinajstić information content (AvgIpc) is 3.47. The van der Waals surface area contributed by atoms with Crippen molar-refractivity contribution < 1.29 is 5.11 Å². The number of para-hydroxylation sites is 2. The average molecular weight is 489 g/mol. The highest BCUT2D eigenvalue weighted by Gasteiger charge is 2.19. The number of allylic oxidation sites excluding steroid dienone is 1. The number of aromatic nitrogens is 5. The van der Waals surface area contributed by atoms with Crippen molar-refractivity contribution >= 4 is 55.6 Å². The molecule has 0 bridgehead atoms. The van der Waals surface area contributed by atoms with Crippen molar-refractivity contribution in [1.29, 1.82) is 5.26 Å². The molecule has 0 saturated carbocycles. The van der Waals surface area contributed by atoms with Crippen molar-refractivity contribution in [2.75, 3.05) is 5.75 Å². The van der Waals surface area contributed by atoms with Gasteiger partial charge in [0.15, 0.2) is 5.16 Å². The van der Waals surface area contributed by atoms with E-state index in [0.29, 0.717) is 33.4 Å². The first-order valence-electron chi connectivity index (χ1n) is 10.8. The van der Waals surface area contributed by atoms with Gasteiger partial charge < -0.3 is 5.11 Å². The minimum Gasteiger partial charge on any atom is -0.510 e. The van der Waals surface area contributed by atoms with Crippen LogP contribution in [0.4, 0.5) is 0 Å². The number of thiazole rings is 1. The molecule has 0 aliphatic rings. The van der Waals surface area contributed by atoms with Crippen LogP contribution in [0.1, 0.15) is 24.8 Å². The first kappa shape index (κ1) is 22.1. The molecule has 2 aromatic carbocycles. The van der Waals surface area contributed by atoms with Crippen LogP contribution in [0.15, 0.2) is 64.2 Å². The summed E-state index contributed by atoms with van der Waals surface area (Å²) < 4.78 is 4.44. The van der Waals surface area contributed by atoms with Crippen LogP contribution in [0.25, 0.3) is 32.5 Å². The summed E-state index contributed by atoms with van der Waals surface area (Å²) in [5.74, 6) is 0.504. The second-order valence-corrected chi connectivity index (χ2v) is 9.63. The van der Waals surface area contributed by atoms with Crippen molar-refractivity contribution in [2.24, 2.45) is 0 Å². The molecule has 1 N–H and O–H groups in total. The fourth-order valence-electron chi connectivity index (χ4n) is 3.76. The highest BCUT2D eigenvalue weighted by Crippen LogP contribution is 2.30. The topological polar surface area (TPSA) is 109 Å². The summed E-state index contributed by atoms with van der Waals surface area (Å²) in [4.78, 5) is 17.6.